The first-order valence-corrected chi connectivity index (χ1v) is 9.37. The van der Waals surface area contributed by atoms with Gasteiger partial charge in [0, 0.05) is 34.7 Å². The van der Waals surface area contributed by atoms with Crippen LogP contribution in [-0.2, 0) is 16.6 Å². The summed E-state index contributed by atoms with van der Waals surface area (Å²) in [5.74, 6) is -0.995. The number of para-hydroxylation sites is 1. The van der Waals surface area contributed by atoms with E-state index in [0.29, 0.717) is 16.3 Å². The Kier molecular flexibility index (Phi) is 4.53. The summed E-state index contributed by atoms with van der Waals surface area (Å²) in [6.45, 7) is 1.80. The third-order valence-corrected chi connectivity index (χ3v) is 5.50. The smallest absolute Gasteiger partial charge is 0.270 e. The molecule has 1 aromatic heterocycles. The third kappa shape index (κ3) is 2.91. The van der Waals surface area contributed by atoms with Gasteiger partial charge in [-0.3, -0.25) is 19.8 Å². The number of aromatic nitrogens is 1. The summed E-state index contributed by atoms with van der Waals surface area (Å²) in [5.41, 5.74) is 3.07. The van der Waals surface area contributed by atoms with E-state index in [9.17, 15) is 9.59 Å². The van der Waals surface area contributed by atoms with Crippen LogP contribution in [0.4, 0.5) is 5.69 Å². The van der Waals surface area contributed by atoms with Gasteiger partial charge in [-0.05, 0) is 49.0 Å². The van der Waals surface area contributed by atoms with Crippen molar-refractivity contribution in [2.75, 3.05) is 4.90 Å². The number of nitrogens with one attached hydrogen (secondary N) is 1. The van der Waals surface area contributed by atoms with E-state index < -0.39 is 11.8 Å². The van der Waals surface area contributed by atoms with Gasteiger partial charge in [0.1, 0.15) is 5.57 Å². The lowest BCUT2D eigenvalue weighted by Crippen LogP contribution is -2.54. The van der Waals surface area contributed by atoms with E-state index in [0.717, 1.165) is 16.5 Å². The van der Waals surface area contributed by atoms with Gasteiger partial charge in [0.05, 0.1) is 5.69 Å². The zero-order valence-corrected chi connectivity index (χ0v) is 16.8. The van der Waals surface area contributed by atoms with Gasteiger partial charge in [-0.15, -0.1) is 0 Å². The molecule has 0 radical (unpaired) electrons. The van der Waals surface area contributed by atoms with Crippen molar-refractivity contribution in [1.82, 2.24) is 9.88 Å². The minimum absolute atomic E-state index is 0.0179. The lowest BCUT2D eigenvalue weighted by atomic mass is 10.1. The molecule has 2 aromatic carbocycles. The van der Waals surface area contributed by atoms with Crippen molar-refractivity contribution in [3.63, 3.8) is 0 Å². The Morgan fingerprint density at radius 2 is 1.86 bits per heavy atom. The normalized spacial score (nSPS) is 16.2. The molecule has 2 amide bonds. The van der Waals surface area contributed by atoms with Gasteiger partial charge in [0.15, 0.2) is 5.11 Å². The molecule has 0 aliphatic carbocycles. The number of carbonyl (C=O) groups excluding carboxylic acids is 2. The van der Waals surface area contributed by atoms with Crippen molar-refractivity contribution in [1.29, 1.82) is 0 Å². The lowest BCUT2D eigenvalue weighted by Gasteiger charge is -2.30. The van der Waals surface area contributed by atoms with Crippen LogP contribution in [0.3, 0.4) is 0 Å². The fourth-order valence-electron chi connectivity index (χ4n) is 3.36. The molecule has 2 heterocycles. The van der Waals surface area contributed by atoms with Gasteiger partial charge >= 0.3 is 0 Å². The summed E-state index contributed by atoms with van der Waals surface area (Å²) >= 11 is 11.5. The van der Waals surface area contributed by atoms with Crippen molar-refractivity contribution in [3.05, 3.63) is 70.4 Å². The fourth-order valence-corrected chi connectivity index (χ4v) is 3.80. The monoisotopic (exact) mass is 409 g/mol. The van der Waals surface area contributed by atoms with Crippen LogP contribution in [-0.4, -0.2) is 21.5 Å². The minimum atomic E-state index is -0.515. The number of hydrogen-bond acceptors (Lipinski definition) is 3. The quantitative estimate of drug-likeness (QED) is 0.396. The van der Waals surface area contributed by atoms with Crippen molar-refractivity contribution < 1.29 is 9.59 Å². The first-order chi connectivity index (χ1) is 13.4. The standard InChI is InChI=1S/C21H16ClN3O2S/c1-12-16(22)7-5-9-17(12)25-20(27)15(19(26)23-21(25)28)10-13-11-24(2)18-8-4-3-6-14(13)18/h3-11H,1-2H3,(H,23,26,28)/b15-10+. The van der Waals surface area contributed by atoms with Crippen LogP contribution in [0.25, 0.3) is 17.0 Å². The molecule has 4 rings (SSSR count). The summed E-state index contributed by atoms with van der Waals surface area (Å²) in [6.07, 6.45) is 3.49. The second kappa shape index (κ2) is 6.89. The SMILES string of the molecule is Cc1c(Cl)cccc1N1C(=O)/C(=C/c2cn(C)c3ccccc23)C(=O)NC1=S. The topological polar surface area (TPSA) is 54.3 Å². The zero-order valence-electron chi connectivity index (χ0n) is 15.2. The second-order valence-electron chi connectivity index (χ2n) is 6.55. The van der Waals surface area contributed by atoms with Gasteiger partial charge in [0.25, 0.3) is 11.8 Å². The molecule has 28 heavy (non-hydrogen) atoms. The van der Waals surface area contributed by atoms with Crippen LogP contribution in [0.2, 0.25) is 5.02 Å². The maximum absolute atomic E-state index is 13.2. The fraction of sp³-hybridized carbons (Fsp3) is 0.0952. The van der Waals surface area contributed by atoms with Crippen molar-refractivity contribution in [3.8, 4) is 0 Å². The van der Waals surface area contributed by atoms with Crippen LogP contribution in [0, 0.1) is 6.92 Å². The molecule has 0 atom stereocenters. The van der Waals surface area contributed by atoms with Crippen molar-refractivity contribution >= 4 is 63.4 Å². The average molecular weight is 410 g/mol. The highest BCUT2D eigenvalue weighted by atomic mass is 35.5. The van der Waals surface area contributed by atoms with Crippen LogP contribution in [0.5, 0.6) is 0 Å². The molecular formula is C21H16ClN3O2S. The molecule has 0 saturated carbocycles. The third-order valence-electron chi connectivity index (χ3n) is 4.81. The van der Waals surface area contributed by atoms with Gasteiger partial charge in [-0.2, -0.15) is 0 Å². The highest BCUT2D eigenvalue weighted by Crippen LogP contribution is 2.30. The number of carbonyl (C=O) groups is 2. The summed E-state index contributed by atoms with van der Waals surface area (Å²) in [5, 5.41) is 4.12. The van der Waals surface area contributed by atoms with Crippen LogP contribution < -0.4 is 10.2 Å². The highest BCUT2D eigenvalue weighted by Gasteiger charge is 2.35. The average Bonchev–Trinajstić information content (AvgIpc) is 2.98. The molecule has 1 aliphatic rings. The number of rotatable bonds is 2. The summed E-state index contributed by atoms with van der Waals surface area (Å²) in [6, 6.07) is 13.0. The number of halogens is 1. The first kappa shape index (κ1) is 18.4. The number of amides is 2. The molecule has 5 nitrogen and oxygen atoms in total. The number of thiocarbonyl (C=S) groups is 1. The highest BCUT2D eigenvalue weighted by molar-refractivity contribution is 7.80. The van der Waals surface area contributed by atoms with Gasteiger partial charge in [0.2, 0.25) is 0 Å². The summed E-state index contributed by atoms with van der Waals surface area (Å²) in [4.78, 5) is 27.1. The van der Waals surface area contributed by atoms with E-state index in [1.54, 1.807) is 31.2 Å². The van der Waals surface area contributed by atoms with E-state index in [2.05, 4.69) is 5.32 Å². The minimum Gasteiger partial charge on any atom is -0.350 e. The zero-order chi connectivity index (χ0) is 20.0. The first-order valence-electron chi connectivity index (χ1n) is 8.59. The maximum atomic E-state index is 13.2. The molecule has 0 spiro atoms. The van der Waals surface area contributed by atoms with Gasteiger partial charge in [-0.25, -0.2) is 0 Å². The summed E-state index contributed by atoms with van der Waals surface area (Å²) in [7, 11) is 1.92. The number of anilines is 1. The molecule has 0 unspecified atom stereocenters. The van der Waals surface area contributed by atoms with Gasteiger partial charge < -0.3 is 4.57 Å². The molecule has 140 valence electrons. The molecule has 1 fully saturated rings. The van der Waals surface area contributed by atoms with E-state index in [-0.39, 0.29) is 10.7 Å². The van der Waals surface area contributed by atoms with E-state index in [1.165, 1.54) is 4.90 Å². The molecular weight excluding hydrogens is 394 g/mol. The number of benzene rings is 2. The van der Waals surface area contributed by atoms with E-state index in [4.69, 9.17) is 23.8 Å². The Bertz CT molecular complexity index is 1200. The predicted octanol–water partition coefficient (Wildman–Crippen LogP) is 3.97. The predicted molar refractivity (Wildman–Crippen MR) is 115 cm³/mol. The molecule has 1 N–H and O–H groups in total. The maximum Gasteiger partial charge on any atom is 0.270 e. The molecule has 7 heteroatoms. The number of nitrogens with zero attached hydrogens (tertiary/aromatic N) is 2. The largest absolute Gasteiger partial charge is 0.350 e. The molecule has 1 aliphatic heterocycles. The van der Waals surface area contributed by atoms with E-state index >= 15 is 0 Å². The number of hydrogen-bond donors (Lipinski definition) is 1. The van der Waals surface area contributed by atoms with Crippen LogP contribution in [0.15, 0.2) is 54.2 Å². The summed E-state index contributed by atoms with van der Waals surface area (Å²) < 4.78 is 1.95. The van der Waals surface area contributed by atoms with Crippen molar-refractivity contribution in [2.45, 2.75) is 6.92 Å². The Balaban J connectivity index is 1.84. The molecule has 1 saturated heterocycles. The number of fused-ring (bicyclic) bond motifs is 1. The molecule has 0 bridgehead atoms. The van der Waals surface area contributed by atoms with Crippen LogP contribution in [0.1, 0.15) is 11.1 Å². The number of aryl methyl sites for hydroxylation is 1. The Morgan fingerprint density at radius 3 is 2.64 bits per heavy atom. The van der Waals surface area contributed by atoms with E-state index in [1.807, 2.05) is 42.1 Å². The van der Waals surface area contributed by atoms with Gasteiger partial charge in [-0.1, -0.05) is 35.9 Å². The van der Waals surface area contributed by atoms with Crippen LogP contribution >= 0.6 is 23.8 Å². The molecule has 3 aromatic rings. The van der Waals surface area contributed by atoms with Crippen molar-refractivity contribution in [2.24, 2.45) is 7.05 Å². The second-order valence-corrected chi connectivity index (χ2v) is 7.35. The Hall–Kier alpha value is -2.96. The Labute approximate surface area is 172 Å². The Morgan fingerprint density at radius 1 is 1.11 bits per heavy atom. The lowest BCUT2D eigenvalue weighted by molar-refractivity contribution is -0.122.